The van der Waals surface area contributed by atoms with Gasteiger partial charge in [0.25, 0.3) is 0 Å². The Bertz CT molecular complexity index is 1710. The summed E-state index contributed by atoms with van der Waals surface area (Å²) < 4.78 is 0. The molecule has 1 aliphatic rings. The fraction of sp³-hybridized carbons (Fsp3) is 0.176. The molecule has 0 spiro atoms. The highest BCUT2D eigenvalue weighted by Crippen LogP contribution is 2.54. The van der Waals surface area contributed by atoms with Crippen molar-refractivity contribution < 1.29 is 60.0 Å². The highest BCUT2D eigenvalue weighted by atomic mass is 16.4. The lowest BCUT2D eigenvalue weighted by Gasteiger charge is -2.56. The van der Waals surface area contributed by atoms with Crippen LogP contribution in [0.5, 0.6) is 17.2 Å². The third-order valence-corrected chi connectivity index (χ3v) is 8.01. The molecule has 12 heteroatoms. The number of rotatable bonds is 10. The Labute approximate surface area is 261 Å². The quantitative estimate of drug-likeness (QED) is 0.118. The number of carboxylic acids is 1. The van der Waals surface area contributed by atoms with E-state index in [1.807, 2.05) is 0 Å². The molecule has 1 fully saturated rings. The first-order chi connectivity index (χ1) is 21.7. The van der Waals surface area contributed by atoms with Gasteiger partial charge in [-0.3, -0.25) is 14.4 Å². The van der Waals surface area contributed by atoms with Crippen LogP contribution in [0.3, 0.4) is 0 Å². The number of aliphatic hydroxyl groups is 4. The van der Waals surface area contributed by atoms with Crippen LogP contribution in [-0.2, 0) is 19.2 Å². The molecule has 0 aromatic heterocycles. The Balaban J connectivity index is 2.04. The Morgan fingerprint density at radius 3 is 1.30 bits per heavy atom. The van der Waals surface area contributed by atoms with Gasteiger partial charge < -0.3 is 40.9 Å². The maximum Gasteiger partial charge on any atom is 0.337 e. The zero-order chi connectivity index (χ0) is 33.9. The highest BCUT2D eigenvalue weighted by molar-refractivity contribution is 6.26. The molecular formula is C34H30O12. The monoisotopic (exact) mass is 630 g/mol. The number of phenols is 3. The van der Waals surface area contributed by atoms with Crippen LogP contribution in [0.2, 0.25) is 0 Å². The first kappa shape index (κ1) is 33.5. The van der Waals surface area contributed by atoms with Crippen molar-refractivity contribution in [2.45, 2.75) is 29.8 Å². The van der Waals surface area contributed by atoms with Crippen molar-refractivity contribution in [1.82, 2.24) is 0 Å². The van der Waals surface area contributed by atoms with Gasteiger partial charge in [0.2, 0.25) is 0 Å². The summed E-state index contributed by atoms with van der Waals surface area (Å²) in [5.41, 5.74) is -11.4. The molecule has 12 nitrogen and oxygen atoms in total. The van der Waals surface area contributed by atoms with Gasteiger partial charge in [0, 0.05) is 23.1 Å². The van der Waals surface area contributed by atoms with Crippen LogP contribution in [0.25, 0.3) is 18.2 Å². The molecule has 46 heavy (non-hydrogen) atoms. The topological polar surface area (TPSA) is 230 Å². The Hall–Kier alpha value is -5.40. The molecule has 3 aromatic rings. The minimum absolute atomic E-state index is 0.000874. The summed E-state index contributed by atoms with van der Waals surface area (Å²) in [5.74, 6) is -8.40. The minimum Gasteiger partial charge on any atom is -0.507 e. The zero-order valence-corrected chi connectivity index (χ0v) is 24.0. The SMILES string of the molecule is O=C(O)C1(O)C[C@@H](O)C(O)[C@@](O)(C(=O)/C=C/c2ccccc2O)C1(C(=O)/C=C/c1ccccc1O)C(=O)/C=C/c1ccccc1O. The molecule has 0 aliphatic heterocycles. The van der Waals surface area contributed by atoms with Gasteiger partial charge in [0.1, 0.15) is 23.4 Å². The lowest BCUT2D eigenvalue weighted by molar-refractivity contribution is -0.259. The van der Waals surface area contributed by atoms with E-state index in [2.05, 4.69) is 0 Å². The molecule has 3 aromatic carbocycles. The molecule has 0 radical (unpaired) electrons. The van der Waals surface area contributed by atoms with Crippen molar-refractivity contribution in [2.24, 2.45) is 5.41 Å². The average molecular weight is 631 g/mol. The number of allylic oxidation sites excluding steroid dienone is 2. The molecule has 1 aliphatic carbocycles. The molecule has 238 valence electrons. The number of aromatic hydroxyl groups is 3. The third kappa shape index (κ3) is 5.50. The number of aliphatic hydroxyl groups excluding tert-OH is 2. The summed E-state index contributed by atoms with van der Waals surface area (Å²) in [5, 5.41) is 86.6. The molecule has 8 N–H and O–H groups in total. The van der Waals surface area contributed by atoms with Gasteiger partial charge >= 0.3 is 5.97 Å². The highest BCUT2D eigenvalue weighted by Gasteiger charge is 2.80. The lowest BCUT2D eigenvalue weighted by atomic mass is 9.48. The second-order valence-corrected chi connectivity index (χ2v) is 10.7. The van der Waals surface area contributed by atoms with E-state index in [0.29, 0.717) is 18.2 Å². The van der Waals surface area contributed by atoms with Crippen LogP contribution in [-0.4, -0.2) is 87.6 Å². The maximum absolute atomic E-state index is 14.3. The van der Waals surface area contributed by atoms with Gasteiger partial charge in [0.15, 0.2) is 34.0 Å². The smallest absolute Gasteiger partial charge is 0.337 e. The van der Waals surface area contributed by atoms with Crippen molar-refractivity contribution in [1.29, 1.82) is 0 Å². The van der Waals surface area contributed by atoms with Crippen LogP contribution in [0.4, 0.5) is 0 Å². The minimum atomic E-state index is -3.86. The molecule has 4 rings (SSSR count). The first-order valence-corrected chi connectivity index (χ1v) is 13.8. The summed E-state index contributed by atoms with van der Waals surface area (Å²) in [4.78, 5) is 55.3. The molecule has 1 saturated carbocycles. The Morgan fingerprint density at radius 1 is 0.609 bits per heavy atom. The van der Waals surface area contributed by atoms with E-state index in [1.165, 1.54) is 72.8 Å². The first-order valence-electron chi connectivity index (χ1n) is 13.8. The van der Waals surface area contributed by atoms with Crippen LogP contribution in [0.15, 0.2) is 91.0 Å². The Morgan fingerprint density at radius 2 is 0.957 bits per heavy atom. The average Bonchev–Trinajstić information content (AvgIpc) is 3.02. The van der Waals surface area contributed by atoms with Gasteiger partial charge in [-0.05, 0) is 54.7 Å². The second kappa shape index (κ2) is 12.9. The molecule has 0 heterocycles. The van der Waals surface area contributed by atoms with Crippen LogP contribution in [0.1, 0.15) is 23.1 Å². The number of carboxylic acid groups (broad SMARTS) is 1. The van der Waals surface area contributed by atoms with Crippen LogP contribution in [0, 0.1) is 5.41 Å². The standard InChI is InChI=1S/C34H30O12/c35-23-10-4-1-7-20(23)13-16-27(39)33(28(40)17-14-21-8-2-5-11-24(21)36)32(45,31(43)44)19-26(38)30(42)34(33,46)29(41)18-15-22-9-3-6-12-25(22)37/h1-18,26,30,35-38,42,45-46H,19H2,(H,43,44)/b16-13+,17-14+,18-15+/t26-,30?,32?,34+/m1/s1. The third-order valence-electron chi connectivity index (χ3n) is 8.01. The maximum atomic E-state index is 14.3. The molecule has 2 unspecified atom stereocenters. The van der Waals surface area contributed by atoms with Crippen LogP contribution < -0.4 is 0 Å². The van der Waals surface area contributed by atoms with E-state index in [9.17, 15) is 60.0 Å². The zero-order valence-electron chi connectivity index (χ0n) is 24.0. The van der Waals surface area contributed by atoms with Crippen LogP contribution >= 0.6 is 0 Å². The van der Waals surface area contributed by atoms with E-state index in [-0.39, 0.29) is 33.9 Å². The van der Waals surface area contributed by atoms with Crippen molar-refractivity contribution >= 4 is 41.5 Å². The fourth-order valence-corrected chi connectivity index (χ4v) is 5.62. The largest absolute Gasteiger partial charge is 0.507 e. The number of carbonyl (C=O) groups is 4. The normalized spacial score (nSPS) is 24.3. The summed E-state index contributed by atoms with van der Waals surface area (Å²) >= 11 is 0. The summed E-state index contributed by atoms with van der Waals surface area (Å²) in [6.07, 6.45) is -2.02. The fourth-order valence-electron chi connectivity index (χ4n) is 5.62. The van der Waals surface area contributed by atoms with E-state index in [4.69, 9.17) is 0 Å². The molecule has 0 amide bonds. The van der Waals surface area contributed by atoms with E-state index in [1.54, 1.807) is 0 Å². The summed E-state index contributed by atoms with van der Waals surface area (Å²) in [6.45, 7) is 0. The molecule has 0 saturated heterocycles. The number of benzene rings is 3. The number of hydrogen-bond donors (Lipinski definition) is 8. The van der Waals surface area contributed by atoms with E-state index >= 15 is 0 Å². The number of hydrogen-bond acceptors (Lipinski definition) is 11. The number of ketones is 3. The van der Waals surface area contributed by atoms with Gasteiger partial charge in [-0.15, -0.1) is 0 Å². The van der Waals surface area contributed by atoms with Crippen molar-refractivity contribution in [2.75, 3.05) is 0 Å². The molecule has 4 atom stereocenters. The van der Waals surface area contributed by atoms with Gasteiger partial charge in [-0.25, -0.2) is 4.79 Å². The van der Waals surface area contributed by atoms with Crippen molar-refractivity contribution in [3.63, 3.8) is 0 Å². The summed E-state index contributed by atoms with van der Waals surface area (Å²) in [6, 6.07) is 16.6. The van der Waals surface area contributed by atoms with Gasteiger partial charge in [-0.1, -0.05) is 54.6 Å². The predicted octanol–water partition coefficient (Wildman–Crippen LogP) is 1.61. The lowest BCUT2D eigenvalue weighted by Crippen LogP contribution is -2.82. The van der Waals surface area contributed by atoms with Gasteiger partial charge in [-0.2, -0.15) is 0 Å². The number of carbonyl (C=O) groups excluding carboxylic acids is 3. The molecule has 0 bridgehead atoms. The van der Waals surface area contributed by atoms with E-state index < -0.39 is 58.6 Å². The Kier molecular flexibility index (Phi) is 9.40. The summed E-state index contributed by atoms with van der Waals surface area (Å²) in [7, 11) is 0. The number of phenolic OH excluding ortho intramolecular Hbond substituents is 3. The van der Waals surface area contributed by atoms with Gasteiger partial charge in [0.05, 0.1) is 6.10 Å². The molecular weight excluding hydrogens is 600 g/mol. The predicted molar refractivity (Wildman–Crippen MR) is 163 cm³/mol. The van der Waals surface area contributed by atoms with Crippen molar-refractivity contribution in [3.8, 4) is 17.2 Å². The number of para-hydroxylation sites is 3. The number of aliphatic carboxylic acids is 1. The van der Waals surface area contributed by atoms with E-state index in [0.717, 1.165) is 18.2 Å². The van der Waals surface area contributed by atoms with Crippen molar-refractivity contribution in [3.05, 3.63) is 108 Å². The second-order valence-electron chi connectivity index (χ2n) is 10.7.